The predicted molar refractivity (Wildman–Crippen MR) is 112 cm³/mol. The van der Waals surface area contributed by atoms with E-state index in [1.54, 1.807) is 24.3 Å². The van der Waals surface area contributed by atoms with Crippen molar-refractivity contribution in [2.75, 3.05) is 31.2 Å². The smallest absolute Gasteiger partial charge is 0.387 e. The highest BCUT2D eigenvalue weighted by molar-refractivity contribution is 7.98. The Hall–Kier alpha value is -2.65. The van der Waals surface area contributed by atoms with Gasteiger partial charge in [-0.05, 0) is 30.7 Å². The van der Waals surface area contributed by atoms with Gasteiger partial charge in [-0.15, -0.1) is 10.2 Å². The molecule has 1 aliphatic heterocycles. The highest BCUT2D eigenvalue weighted by Gasteiger charge is 2.22. The molecule has 0 bridgehead atoms. The van der Waals surface area contributed by atoms with Crippen LogP contribution < -0.4 is 9.64 Å². The second-order valence-electron chi connectivity index (χ2n) is 6.83. The standard InChI is InChI=1S/C21H22F2N4O2S/c1-15-5-4-7-17(13-15)27-20(26-9-11-28-12-10-26)24-25-21(27)30-14-16-6-2-3-8-18(16)29-19(22)23/h2-8,13,19H,9-12,14H2,1H3. The lowest BCUT2D eigenvalue weighted by atomic mass is 10.2. The molecule has 0 aliphatic carbocycles. The van der Waals surface area contributed by atoms with Gasteiger partial charge in [0.15, 0.2) is 5.16 Å². The number of para-hydroxylation sites is 1. The summed E-state index contributed by atoms with van der Waals surface area (Å²) in [5.41, 5.74) is 2.76. The van der Waals surface area contributed by atoms with Gasteiger partial charge in [0.25, 0.3) is 0 Å². The topological polar surface area (TPSA) is 52.4 Å². The van der Waals surface area contributed by atoms with Gasteiger partial charge in [0.2, 0.25) is 5.95 Å². The SMILES string of the molecule is Cc1cccc(-n2c(SCc3ccccc3OC(F)F)nnc2N2CCOCC2)c1. The molecule has 1 aromatic heterocycles. The maximum atomic E-state index is 12.7. The van der Waals surface area contributed by atoms with Crippen LogP contribution in [0.1, 0.15) is 11.1 Å². The van der Waals surface area contributed by atoms with E-state index in [4.69, 9.17) is 4.74 Å². The lowest BCUT2D eigenvalue weighted by molar-refractivity contribution is -0.0503. The van der Waals surface area contributed by atoms with Crippen molar-refractivity contribution >= 4 is 17.7 Å². The molecule has 0 saturated carbocycles. The second kappa shape index (κ2) is 9.44. The zero-order chi connectivity index (χ0) is 20.9. The Balaban J connectivity index is 1.64. The summed E-state index contributed by atoms with van der Waals surface area (Å²) in [5, 5.41) is 9.54. The maximum Gasteiger partial charge on any atom is 0.387 e. The second-order valence-corrected chi connectivity index (χ2v) is 7.77. The normalized spacial score (nSPS) is 14.3. The van der Waals surface area contributed by atoms with Crippen LogP contribution in [0.25, 0.3) is 5.69 Å². The first-order valence-corrected chi connectivity index (χ1v) is 10.6. The molecule has 1 saturated heterocycles. The highest BCUT2D eigenvalue weighted by atomic mass is 32.2. The van der Waals surface area contributed by atoms with Crippen molar-refractivity contribution in [1.82, 2.24) is 14.8 Å². The molecular weight excluding hydrogens is 410 g/mol. The number of aromatic nitrogens is 3. The average molecular weight is 432 g/mol. The first-order valence-electron chi connectivity index (χ1n) is 9.62. The number of alkyl halides is 2. The monoisotopic (exact) mass is 432 g/mol. The van der Waals surface area contributed by atoms with Crippen LogP contribution in [-0.2, 0) is 10.5 Å². The molecule has 0 amide bonds. The number of hydrogen-bond acceptors (Lipinski definition) is 6. The van der Waals surface area contributed by atoms with Crippen molar-refractivity contribution in [2.45, 2.75) is 24.4 Å². The third-order valence-corrected chi connectivity index (χ3v) is 5.69. The molecule has 6 nitrogen and oxygen atoms in total. The lowest BCUT2D eigenvalue weighted by Gasteiger charge is -2.28. The number of anilines is 1. The summed E-state index contributed by atoms with van der Waals surface area (Å²) in [6, 6.07) is 14.9. The van der Waals surface area contributed by atoms with Gasteiger partial charge < -0.3 is 14.4 Å². The summed E-state index contributed by atoms with van der Waals surface area (Å²) in [6.45, 7) is 1.93. The summed E-state index contributed by atoms with van der Waals surface area (Å²) in [5.74, 6) is 1.36. The Kier molecular flexibility index (Phi) is 6.49. The van der Waals surface area contributed by atoms with Crippen LogP contribution >= 0.6 is 11.8 Å². The molecule has 2 aromatic carbocycles. The first kappa shape index (κ1) is 20.6. The van der Waals surface area contributed by atoms with E-state index in [1.165, 1.54) is 11.8 Å². The minimum Gasteiger partial charge on any atom is -0.435 e. The van der Waals surface area contributed by atoms with Crippen LogP contribution in [0.4, 0.5) is 14.7 Å². The van der Waals surface area contributed by atoms with E-state index >= 15 is 0 Å². The molecule has 30 heavy (non-hydrogen) atoms. The molecule has 3 aromatic rings. The minimum atomic E-state index is -2.86. The predicted octanol–water partition coefficient (Wildman–Crippen LogP) is 4.31. The number of rotatable bonds is 7. The molecule has 4 rings (SSSR count). The van der Waals surface area contributed by atoms with E-state index < -0.39 is 6.61 Å². The zero-order valence-corrected chi connectivity index (χ0v) is 17.3. The highest BCUT2D eigenvalue weighted by Crippen LogP contribution is 2.32. The van der Waals surface area contributed by atoms with Crippen molar-refractivity contribution < 1.29 is 18.3 Å². The van der Waals surface area contributed by atoms with Gasteiger partial charge >= 0.3 is 6.61 Å². The fourth-order valence-electron chi connectivity index (χ4n) is 3.29. The third kappa shape index (κ3) is 4.73. The van der Waals surface area contributed by atoms with E-state index in [9.17, 15) is 8.78 Å². The number of nitrogens with zero attached hydrogens (tertiary/aromatic N) is 4. The van der Waals surface area contributed by atoms with Gasteiger partial charge in [0.05, 0.1) is 18.9 Å². The summed E-state index contributed by atoms with van der Waals surface area (Å²) in [6.07, 6.45) is 0. The third-order valence-electron chi connectivity index (χ3n) is 4.72. The van der Waals surface area contributed by atoms with E-state index in [0.717, 1.165) is 30.3 Å². The number of thioether (sulfide) groups is 1. The molecule has 2 heterocycles. The molecule has 158 valence electrons. The molecule has 0 N–H and O–H groups in total. The molecule has 0 unspecified atom stereocenters. The summed E-state index contributed by atoms with van der Waals surface area (Å²) in [4.78, 5) is 2.15. The number of aryl methyl sites for hydroxylation is 1. The number of benzene rings is 2. The molecule has 0 spiro atoms. The number of halogens is 2. The Morgan fingerprint density at radius 2 is 1.90 bits per heavy atom. The van der Waals surface area contributed by atoms with Gasteiger partial charge in [-0.3, -0.25) is 4.57 Å². The summed E-state index contributed by atoms with van der Waals surface area (Å²) >= 11 is 1.43. The Labute approximate surface area is 177 Å². The van der Waals surface area contributed by atoms with Crippen molar-refractivity contribution in [3.05, 3.63) is 59.7 Å². The first-order chi connectivity index (χ1) is 14.6. The summed E-state index contributed by atoms with van der Waals surface area (Å²) in [7, 11) is 0. The maximum absolute atomic E-state index is 12.7. The van der Waals surface area contributed by atoms with E-state index in [1.807, 2.05) is 29.7 Å². The van der Waals surface area contributed by atoms with Crippen molar-refractivity contribution in [3.63, 3.8) is 0 Å². The van der Waals surface area contributed by atoms with Crippen LogP contribution in [-0.4, -0.2) is 47.7 Å². The summed E-state index contributed by atoms with van der Waals surface area (Å²) < 4.78 is 37.6. The molecular formula is C21H22F2N4O2S. The fourth-order valence-corrected chi connectivity index (χ4v) is 4.23. The van der Waals surface area contributed by atoms with Crippen molar-refractivity contribution in [1.29, 1.82) is 0 Å². The average Bonchev–Trinajstić information content (AvgIpc) is 3.17. The van der Waals surface area contributed by atoms with Crippen LogP contribution in [0.3, 0.4) is 0 Å². The van der Waals surface area contributed by atoms with Crippen LogP contribution in [0.2, 0.25) is 0 Å². The van der Waals surface area contributed by atoms with Crippen molar-refractivity contribution in [3.8, 4) is 11.4 Å². The Morgan fingerprint density at radius 1 is 1.10 bits per heavy atom. The molecule has 1 fully saturated rings. The molecule has 1 aliphatic rings. The van der Waals surface area contributed by atoms with E-state index in [2.05, 4.69) is 25.9 Å². The number of hydrogen-bond donors (Lipinski definition) is 0. The van der Waals surface area contributed by atoms with Gasteiger partial charge in [-0.1, -0.05) is 42.1 Å². The Bertz CT molecular complexity index is 993. The van der Waals surface area contributed by atoms with Gasteiger partial charge in [-0.25, -0.2) is 0 Å². The molecule has 9 heteroatoms. The molecule has 0 radical (unpaired) electrons. The quantitative estimate of drug-likeness (QED) is 0.519. The van der Waals surface area contributed by atoms with Gasteiger partial charge in [0.1, 0.15) is 5.75 Å². The van der Waals surface area contributed by atoms with Crippen molar-refractivity contribution in [2.24, 2.45) is 0 Å². The van der Waals surface area contributed by atoms with E-state index in [-0.39, 0.29) is 5.75 Å². The lowest BCUT2D eigenvalue weighted by Crippen LogP contribution is -2.37. The zero-order valence-electron chi connectivity index (χ0n) is 16.5. The van der Waals surface area contributed by atoms with Crippen LogP contribution in [0.15, 0.2) is 53.7 Å². The van der Waals surface area contributed by atoms with Crippen LogP contribution in [0, 0.1) is 6.92 Å². The Morgan fingerprint density at radius 3 is 2.67 bits per heavy atom. The minimum absolute atomic E-state index is 0.176. The fraction of sp³-hybridized carbons (Fsp3) is 0.333. The van der Waals surface area contributed by atoms with Crippen LogP contribution in [0.5, 0.6) is 5.75 Å². The molecule has 0 atom stereocenters. The largest absolute Gasteiger partial charge is 0.435 e. The van der Waals surface area contributed by atoms with E-state index in [0.29, 0.717) is 29.7 Å². The van der Waals surface area contributed by atoms with Gasteiger partial charge in [0, 0.05) is 24.4 Å². The number of ether oxygens (including phenoxy) is 2. The van der Waals surface area contributed by atoms with Gasteiger partial charge in [-0.2, -0.15) is 8.78 Å². The number of morpholine rings is 1.